The van der Waals surface area contributed by atoms with Crippen LogP contribution in [0.25, 0.3) is 10.9 Å². The van der Waals surface area contributed by atoms with Crippen LogP contribution in [0.15, 0.2) is 65.6 Å². The molecule has 0 aliphatic heterocycles. The molecule has 0 unspecified atom stereocenters. The van der Waals surface area contributed by atoms with Gasteiger partial charge in [-0.15, -0.1) is 0 Å². The van der Waals surface area contributed by atoms with E-state index in [2.05, 4.69) is 39.7 Å². The van der Waals surface area contributed by atoms with Gasteiger partial charge in [-0.1, -0.05) is 12.1 Å². The Morgan fingerprint density at radius 1 is 1.20 bits per heavy atom. The fourth-order valence-electron chi connectivity index (χ4n) is 2.98. The third-order valence-electron chi connectivity index (χ3n) is 4.22. The largest absolute Gasteiger partial charge is 0.505 e. The van der Waals surface area contributed by atoms with Crippen molar-refractivity contribution in [1.29, 1.82) is 0 Å². The van der Waals surface area contributed by atoms with E-state index in [4.69, 9.17) is 0 Å². The van der Waals surface area contributed by atoms with E-state index in [1.165, 1.54) is 0 Å². The molecule has 4 rings (SSSR count). The lowest BCUT2D eigenvalue weighted by Gasteiger charge is -2.16. The van der Waals surface area contributed by atoms with Crippen LogP contribution in [0.2, 0.25) is 0 Å². The van der Waals surface area contributed by atoms with E-state index in [-0.39, 0.29) is 11.8 Å². The average molecular weight is 348 g/mol. The molecule has 0 amide bonds. The van der Waals surface area contributed by atoms with Gasteiger partial charge in [0.15, 0.2) is 0 Å². The molecule has 1 atom stereocenters. The summed E-state index contributed by atoms with van der Waals surface area (Å²) in [7, 11) is 0. The highest BCUT2D eigenvalue weighted by Crippen LogP contribution is 2.36. The second kappa shape index (κ2) is 6.53. The minimum absolute atomic E-state index is 0.171. The van der Waals surface area contributed by atoms with Gasteiger partial charge in [0.1, 0.15) is 17.3 Å². The molecule has 4 nitrogen and oxygen atoms in total. The van der Waals surface area contributed by atoms with Crippen molar-refractivity contribution in [1.82, 2.24) is 4.98 Å². The van der Waals surface area contributed by atoms with Gasteiger partial charge in [0.2, 0.25) is 0 Å². The van der Waals surface area contributed by atoms with Crippen molar-refractivity contribution in [2.45, 2.75) is 13.0 Å². The van der Waals surface area contributed by atoms with Gasteiger partial charge >= 0.3 is 0 Å². The number of nitrogens with zero attached hydrogens (tertiary/aromatic N) is 1. The van der Waals surface area contributed by atoms with E-state index in [1.54, 1.807) is 17.5 Å². The Hall–Kier alpha value is -2.92. The molecule has 0 saturated carbocycles. The number of thiophene rings is 1. The number of aryl methyl sites for hydroxylation is 1. The summed E-state index contributed by atoms with van der Waals surface area (Å²) in [5.41, 5.74) is 3.69. The van der Waals surface area contributed by atoms with Crippen LogP contribution >= 0.6 is 11.3 Å². The first kappa shape index (κ1) is 15.6. The Bertz CT molecular complexity index is 1010. The van der Waals surface area contributed by atoms with Crippen molar-refractivity contribution in [3.05, 3.63) is 82.3 Å². The molecular formula is C20H18N3OS+. The summed E-state index contributed by atoms with van der Waals surface area (Å²) in [5, 5.41) is 19.4. The quantitative estimate of drug-likeness (QED) is 0.577. The van der Waals surface area contributed by atoms with Crippen molar-refractivity contribution in [3.63, 3.8) is 0 Å². The predicted molar refractivity (Wildman–Crippen MR) is 101 cm³/mol. The molecule has 0 bridgehead atoms. The number of aromatic amines is 1. The second-order valence-electron chi connectivity index (χ2n) is 5.99. The topological polar surface area (TPSA) is 59.3 Å². The van der Waals surface area contributed by atoms with Crippen LogP contribution in [0.1, 0.15) is 22.7 Å². The van der Waals surface area contributed by atoms with Crippen LogP contribution < -0.4 is 10.3 Å². The number of H-pyrrole nitrogens is 1. The van der Waals surface area contributed by atoms with Crippen LogP contribution in [0.3, 0.4) is 0 Å². The predicted octanol–water partition coefficient (Wildman–Crippen LogP) is 4.33. The number of pyridine rings is 2. The minimum Gasteiger partial charge on any atom is -0.505 e. The van der Waals surface area contributed by atoms with Crippen molar-refractivity contribution in [3.8, 4) is 5.75 Å². The number of nitrogens with one attached hydrogen (secondary N) is 2. The Labute approximate surface area is 149 Å². The molecule has 0 fully saturated rings. The summed E-state index contributed by atoms with van der Waals surface area (Å²) >= 11 is 1.64. The third-order valence-corrected chi connectivity index (χ3v) is 4.93. The number of rotatable bonds is 4. The molecular weight excluding hydrogens is 330 g/mol. The molecule has 124 valence electrons. The summed E-state index contributed by atoms with van der Waals surface area (Å²) in [6.07, 6.45) is 3.61. The van der Waals surface area contributed by atoms with Gasteiger partial charge in [0.05, 0.1) is 6.20 Å². The Balaban J connectivity index is 1.83. The highest BCUT2D eigenvalue weighted by molar-refractivity contribution is 7.08. The fourth-order valence-corrected chi connectivity index (χ4v) is 3.66. The van der Waals surface area contributed by atoms with E-state index in [0.717, 1.165) is 27.9 Å². The van der Waals surface area contributed by atoms with E-state index in [0.29, 0.717) is 5.52 Å². The molecule has 0 saturated heterocycles. The van der Waals surface area contributed by atoms with E-state index in [1.807, 2.05) is 41.9 Å². The summed E-state index contributed by atoms with van der Waals surface area (Å²) in [5.74, 6) is 1.12. The molecule has 25 heavy (non-hydrogen) atoms. The maximum atomic E-state index is 10.8. The molecule has 4 aromatic rings. The van der Waals surface area contributed by atoms with Crippen molar-refractivity contribution in [2.75, 3.05) is 5.32 Å². The molecule has 1 aromatic carbocycles. The highest BCUT2D eigenvalue weighted by Gasteiger charge is 2.24. The number of aromatic nitrogens is 2. The minimum atomic E-state index is -0.171. The van der Waals surface area contributed by atoms with Crippen LogP contribution in [-0.4, -0.2) is 10.1 Å². The lowest BCUT2D eigenvalue weighted by atomic mass is 9.98. The number of phenols is 1. The maximum Gasteiger partial charge on any atom is 0.273 e. The fraction of sp³-hybridized carbons (Fsp3) is 0.100. The Morgan fingerprint density at radius 3 is 2.92 bits per heavy atom. The van der Waals surface area contributed by atoms with Gasteiger partial charge in [0, 0.05) is 28.8 Å². The standard InChI is InChI=1S/C20H17N3OS/c1-13-6-9-21-17(11-13)23-18(15-7-10-25-12-15)16-5-4-14-3-2-8-22-19(14)20(16)24/h2-12,18,24H,1H3,(H,21,23)/p+1/t18-/m0/s1. The first-order valence-electron chi connectivity index (χ1n) is 8.06. The van der Waals surface area contributed by atoms with Gasteiger partial charge in [-0.05, 0) is 47.5 Å². The zero-order chi connectivity index (χ0) is 17.2. The second-order valence-corrected chi connectivity index (χ2v) is 6.77. The van der Waals surface area contributed by atoms with Gasteiger partial charge in [0.25, 0.3) is 5.82 Å². The van der Waals surface area contributed by atoms with Crippen LogP contribution in [0, 0.1) is 6.92 Å². The molecule has 3 aromatic heterocycles. The third kappa shape index (κ3) is 3.06. The SMILES string of the molecule is Cc1cc[nH+]c(N[C@@H](c2ccsc2)c2ccc3cccnc3c2O)c1. The van der Waals surface area contributed by atoms with E-state index in [9.17, 15) is 5.11 Å². The summed E-state index contributed by atoms with van der Waals surface area (Å²) in [6.45, 7) is 2.05. The number of hydrogen-bond donors (Lipinski definition) is 2. The first-order chi connectivity index (χ1) is 12.2. The number of fused-ring (bicyclic) bond motifs is 1. The lowest BCUT2D eigenvalue weighted by molar-refractivity contribution is -0.361. The molecule has 5 heteroatoms. The smallest absolute Gasteiger partial charge is 0.273 e. The highest BCUT2D eigenvalue weighted by atomic mass is 32.1. The molecule has 0 spiro atoms. The Kier molecular flexibility index (Phi) is 4.07. The zero-order valence-electron chi connectivity index (χ0n) is 13.7. The number of aromatic hydroxyl groups is 1. The molecule has 3 heterocycles. The summed E-state index contributed by atoms with van der Waals surface area (Å²) in [6, 6.07) is 13.8. The van der Waals surface area contributed by atoms with Crippen molar-refractivity contribution >= 4 is 28.1 Å². The monoisotopic (exact) mass is 348 g/mol. The van der Waals surface area contributed by atoms with Gasteiger partial charge in [-0.3, -0.25) is 10.3 Å². The van der Waals surface area contributed by atoms with E-state index >= 15 is 0 Å². The van der Waals surface area contributed by atoms with Gasteiger partial charge in [-0.2, -0.15) is 11.3 Å². The molecule has 3 N–H and O–H groups in total. The van der Waals surface area contributed by atoms with Gasteiger partial charge < -0.3 is 5.11 Å². The van der Waals surface area contributed by atoms with E-state index < -0.39 is 0 Å². The number of anilines is 1. The molecule has 0 radical (unpaired) electrons. The van der Waals surface area contributed by atoms with Crippen molar-refractivity contribution in [2.24, 2.45) is 0 Å². The van der Waals surface area contributed by atoms with Crippen LogP contribution in [0.5, 0.6) is 5.75 Å². The van der Waals surface area contributed by atoms with Crippen molar-refractivity contribution < 1.29 is 10.1 Å². The summed E-state index contributed by atoms with van der Waals surface area (Å²) in [4.78, 5) is 7.57. The number of benzene rings is 1. The van der Waals surface area contributed by atoms with Gasteiger partial charge in [-0.25, -0.2) is 4.98 Å². The number of phenolic OH excluding ortho intramolecular Hbond substituents is 1. The zero-order valence-corrected chi connectivity index (χ0v) is 14.5. The molecule has 0 aliphatic carbocycles. The normalized spacial score (nSPS) is 12.2. The average Bonchev–Trinajstić information content (AvgIpc) is 3.15. The van der Waals surface area contributed by atoms with Crippen LogP contribution in [-0.2, 0) is 0 Å². The van der Waals surface area contributed by atoms with Crippen LogP contribution in [0.4, 0.5) is 5.82 Å². The summed E-state index contributed by atoms with van der Waals surface area (Å²) < 4.78 is 0. The lowest BCUT2D eigenvalue weighted by Crippen LogP contribution is -2.18. The first-order valence-corrected chi connectivity index (χ1v) is 9.00. The number of hydrogen-bond acceptors (Lipinski definition) is 4. The Morgan fingerprint density at radius 2 is 2.12 bits per heavy atom. The maximum absolute atomic E-state index is 10.8. The molecule has 0 aliphatic rings.